The highest BCUT2D eigenvalue weighted by Crippen LogP contribution is 2.64. The van der Waals surface area contributed by atoms with Gasteiger partial charge in [0, 0.05) is 58.6 Å². The van der Waals surface area contributed by atoms with Crippen molar-refractivity contribution >= 4 is 35.1 Å². The van der Waals surface area contributed by atoms with Gasteiger partial charge >= 0.3 is 17.6 Å². The third-order valence-corrected chi connectivity index (χ3v) is 24.5. The first-order chi connectivity index (χ1) is 44.4. The number of esters is 2. The van der Waals surface area contributed by atoms with Crippen LogP contribution in [0.2, 0.25) is 0 Å². The average molecular weight is 1220 g/mol. The van der Waals surface area contributed by atoms with Gasteiger partial charge in [0.25, 0.3) is 0 Å². The summed E-state index contributed by atoms with van der Waals surface area (Å²) in [6.45, 7) is 1.76. The zero-order valence-corrected chi connectivity index (χ0v) is 52.1. The van der Waals surface area contributed by atoms with Crippen molar-refractivity contribution in [3.05, 3.63) is 215 Å². The van der Waals surface area contributed by atoms with Crippen LogP contribution in [0.5, 0.6) is 5.75 Å². The first kappa shape index (κ1) is 58.9. The van der Waals surface area contributed by atoms with Gasteiger partial charge in [0.1, 0.15) is 18.1 Å². The van der Waals surface area contributed by atoms with E-state index in [1.54, 1.807) is 19.1 Å². The quantitative estimate of drug-likeness (QED) is 0.0354. The zero-order chi connectivity index (χ0) is 62.0. The maximum atomic E-state index is 16.1. The molecule has 91 heavy (non-hydrogen) atoms. The zero-order valence-electron chi connectivity index (χ0n) is 52.1. The molecule has 0 radical (unpaired) electrons. The molecule has 3 fully saturated rings. The van der Waals surface area contributed by atoms with Crippen molar-refractivity contribution in [1.82, 2.24) is 0 Å². The van der Waals surface area contributed by atoms with E-state index in [9.17, 15) is 25.2 Å². The maximum Gasteiger partial charge on any atom is 0.340 e. The molecule has 6 aromatic rings. The van der Waals surface area contributed by atoms with E-state index in [0.29, 0.717) is 53.4 Å². The number of aliphatic hydroxyl groups excluding tert-OH is 4. The van der Waals surface area contributed by atoms with Gasteiger partial charge in [-0.3, -0.25) is 4.79 Å². The summed E-state index contributed by atoms with van der Waals surface area (Å²) in [5.41, 5.74) is 12.2. The fourth-order valence-electron chi connectivity index (χ4n) is 20.6. The Balaban J connectivity index is 0.900. The van der Waals surface area contributed by atoms with Crippen LogP contribution in [0.15, 0.2) is 142 Å². The summed E-state index contributed by atoms with van der Waals surface area (Å²) < 4.78 is 34.1. The second-order valence-corrected chi connectivity index (χ2v) is 28.6. The Morgan fingerprint density at radius 2 is 1.56 bits per heavy atom. The number of carbonyl (C=O) groups is 2. The first-order valence-electron chi connectivity index (χ1n) is 33.8. The molecule has 7 aliphatic carbocycles. The highest BCUT2D eigenvalue weighted by molar-refractivity contribution is 5.91. The van der Waals surface area contributed by atoms with Gasteiger partial charge in [-0.05, 0) is 211 Å². The highest BCUT2D eigenvalue weighted by Gasteiger charge is 2.63. The largest absolute Gasteiger partial charge is 0.483 e. The van der Waals surface area contributed by atoms with Crippen LogP contribution in [0.25, 0.3) is 23.1 Å². The number of fused-ring (bicyclic) bond motifs is 15. The summed E-state index contributed by atoms with van der Waals surface area (Å²) in [5.74, 6) is -1.10. The Hall–Kier alpha value is -7.19. The van der Waals surface area contributed by atoms with Gasteiger partial charge in [-0.2, -0.15) is 0 Å². The summed E-state index contributed by atoms with van der Waals surface area (Å²) in [6, 6.07) is 35.4. The predicted octanol–water partition coefficient (Wildman–Crippen LogP) is 13.7. The minimum absolute atomic E-state index is 0.000620. The monoisotopic (exact) mass is 1220 g/mol. The molecule has 1 spiro atoms. The van der Waals surface area contributed by atoms with E-state index in [2.05, 4.69) is 121 Å². The third kappa shape index (κ3) is 9.25. The smallest absolute Gasteiger partial charge is 0.340 e. The number of aliphatic hydroxyl groups is 4. The van der Waals surface area contributed by atoms with Crippen molar-refractivity contribution in [3.63, 3.8) is 0 Å². The molecule has 1 aromatic heterocycles. The standard InChI is InChI=1S/C79H82O12/c1-43(39-81)61-34-48-17-18-49-36-64-58-27-20-44-9-3-5-13-55(44)63(58)38-68(64)78(2)75(90-76(61)85)74(72-69(91-78)30-29-60-65(40-82)71(77(86)89-73(60)72)50(31-32-80)41-87-42-83)88-70(84)37-51-33-46(21-25-54(51)47-22-26-57(48)62(49)35-47)56-14-8-16-67-59(56)28-24-53-12-7-11-52-23-19-45-10-4-6-15-66(45)79(52,53)67/h3-6,8-10,13-16,19-23,25-27,29-30,35,46,48-54,58,63-64,68,74-75,80-83H,7,11-12,17-18,24,28,31-34,36-42H2,1-2H3/b61-43-/t46-,48+,49-,50-,51+,52+,53+,54-,58+,63-,64-,68-,74-,75+,78+,79+/m1/s1. The van der Waals surface area contributed by atoms with Crippen LogP contribution in [-0.4, -0.2) is 70.7 Å². The Morgan fingerprint density at radius 1 is 0.747 bits per heavy atom. The minimum Gasteiger partial charge on any atom is -0.483 e. The molecule has 7 bridgehead atoms. The molecule has 12 nitrogen and oxygen atoms in total. The van der Waals surface area contributed by atoms with Gasteiger partial charge in [-0.1, -0.05) is 128 Å². The van der Waals surface area contributed by atoms with E-state index in [1.165, 1.54) is 62.9 Å². The second-order valence-electron chi connectivity index (χ2n) is 28.6. The van der Waals surface area contributed by atoms with Crippen LogP contribution in [-0.2, 0) is 42.2 Å². The molecule has 16 rings (SSSR count). The number of carbonyl (C=O) groups excluding carboxylic acids is 2. The van der Waals surface area contributed by atoms with Crippen LogP contribution >= 0.6 is 0 Å². The van der Waals surface area contributed by atoms with Crippen molar-refractivity contribution in [2.75, 3.05) is 26.6 Å². The highest BCUT2D eigenvalue weighted by atomic mass is 16.6. The fourth-order valence-corrected chi connectivity index (χ4v) is 20.6. The average Bonchev–Trinajstić information content (AvgIpc) is 1.73. The van der Waals surface area contributed by atoms with E-state index in [4.69, 9.17) is 23.4 Å². The molecule has 4 heterocycles. The van der Waals surface area contributed by atoms with Crippen LogP contribution in [0.4, 0.5) is 0 Å². The number of ether oxygens (including phenoxy) is 4. The number of allylic oxidation sites excluding steroid dienone is 4. The Morgan fingerprint density at radius 3 is 2.41 bits per heavy atom. The summed E-state index contributed by atoms with van der Waals surface area (Å²) in [6.07, 6.45) is 21.7. The molecular weight excluding hydrogens is 1140 g/mol. The second kappa shape index (κ2) is 23.1. The van der Waals surface area contributed by atoms with Gasteiger partial charge in [0.2, 0.25) is 0 Å². The van der Waals surface area contributed by atoms with E-state index in [0.717, 1.165) is 44.1 Å². The lowest BCUT2D eigenvalue weighted by molar-refractivity contribution is -0.202. The maximum absolute atomic E-state index is 16.1. The predicted molar refractivity (Wildman–Crippen MR) is 346 cm³/mol. The Kier molecular flexibility index (Phi) is 15.0. The molecular formula is C79H82O12. The van der Waals surface area contributed by atoms with Gasteiger partial charge in [0.05, 0.1) is 25.4 Å². The first-order valence-corrected chi connectivity index (χ1v) is 33.8. The molecule has 2 saturated carbocycles. The van der Waals surface area contributed by atoms with Gasteiger partial charge < -0.3 is 43.8 Å². The van der Waals surface area contributed by atoms with E-state index >= 15 is 9.59 Å². The van der Waals surface area contributed by atoms with Crippen molar-refractivity contribution in [1.29, 1.82) is 0 Å². The summed E-state index contributed by atoms with van der Waals surface area (Å²) in [4.78, 5) is 46.9. The molecule has 0 unspecified atom stereocenters. The lowest BCUT2D eigenvalue weighted by Crippen LogP contribution is -2.59. The molecule has 470 valence electrons. The third-order valence-electron chi connectivity index (χ3n) is 24.5. The van der Waals surface area contributed by atoms with Crippen molar-refractivity contribution in [3.8, 4) is 5.75 Å². The van der Waals surface area contributed by atoms with Crippen LogP contribution in [0.1, 0.15) is 205 Å². The van der Waals surface area contributed by atoms with E-state index in [-0.39, 0.29) is 114 Å². The molecule has 3 aliphatic heterocycles. The molecule has 16 atom stereocenters. The van der Waals surface area contributed by atoms with E-state index < -0.39 is 54.7 Å². The van der Waals surface area contributed by atoms with E-state index in [1.807, 2.05) is 6.92 Å². The number of hydrogen-bond donors (Lipinski definition) is 4. The molecule has 5 aromatic carbocycles. The SMILES string of the molecule is C/C(CO)=C1\C[C@@H]2CC[C@@H]3C[C@@H]4[C@H]5C=Cc6ccccc6[C@H]5C[C@H]4[C@]4(C)Oc5ccc6c(CO)c([C@H](CCO)COCO)c(=O)oc6c5[C@@H](OC(=O)C[C@@H]5C[C@H](c6cccc7c6CC[C@@H]6CCC[C@H]8C=Cc9ccccc9[C@@]768)C=C[C@@H]5c5ccc2c3c5)[C@@H]4OC1=O. The molecule has 12 heteroatoms. The normalized spacial score (nSPS) is 33.0. The Labute approximate surface area is 531 Å². The topological polar surface area (TPSA) is 182 Å². The lowest BCUT2D eigenvalue weighted by atomic mass is 9.48. The molecule has 4 N–H and O–H groups in total. The minimum atomic E-state index is -1.40. The van der Waals surface area contributed by atoms with Crippen molar-refractivity contribution in [2.24, 2.45) is 35.5 Å². The summed E-state index contributed by atoms with van der Waals surface area (Å²) in [5, 5.41) is 42.8. The molecule has 10 aliphatic rings. The summed E-state index contributed by atoms with van der Waals surface area (Å²) >= 11 is 0. The fraction of sp³-hybridized carbons (Fsp3) is 0.456. The van der Waals surface area contributed by atoms with Gasteiger partial charge in [-0.15, -0.1) is 0 Å². The Bertz CT molecular complexity index is 4110. The lowest BCUT2D eigenvalue weighted by Gasteiger charge is -2.55. The van der Waals surface area contributed by atoms with Gasteiger partial charge in [-0.25, -0.2) is 9.59 Å². The molecule has 0 amide bonds. The van der Waals surface area contributed by atoms with Gasteiger partial charge in [0.15, 0.2) is 17.8 Å². The van der Waals surface area contributed by atoms with Crippen LogP contribution < -0.4 is 10.4 Å². The number of rotatable bonds is 9. The number of benzene rings is 5. The van der Waals surface area contributed by atoms with Crippen LogP contribution in [0.3, 0.4) is 0 Å². The molecule has 1 saturated heterocycles. The van der Waals surface area contributed by atoms with Crippen molar-refractivity contribution < 1.29 is 53.4 Å². The summed E-state index contributed by atoms with van der Waals surface area (Å²) in [7, 11) is 0. The number of hydrogen-bond acceptors (Lipinski definition) is 12. The van der Waals surface area contributed by atoms with Crippen LogP contribution in [0, 0.1) is 35.5 Å². The van der Waals surface area contributed by atoms with Crippen molar-refractivity contribution in [2.45, 2.75) is 163 Å².